The van der Waals surface area contributed by atoms with E-state index in [1.807, 2.05) is 0 Å². The van der Waals surface area contributed by atoms with Crippen molar-refractivity contribution in [1.29, 1.82) is 0 Å². The maximum absolute atomic E-state index is 5.92. The minimum Gasteiger partial charge on any atom is -0.381 e. The molecular formula is C12H27NO. The Bertz CT molecular complexity index is 123. The van der Waals surface area contributed by atoms with Crippen LogP contribution in [0.5, 0.6) is 0 Å². The number of hydrogen-bond acceptors (Lipinski definition) is 2. The van der Waals surface area contributed by atoms with Crippen molar-refractivity contribution >= 4 is 0 Å². The molecule has 0 heterocycles. The van der Waals surface area contributed by atoms with E-state index in [0.29, 0.717) is 12.0 Å². The van der Waals surface area contributed by atoms with Gasteiger partial charge in [0.05, 0.1) is 0 Å². The zero-order valence-electron chi connectivity index (χ0n) is 10.3. The molecular weight excluding hydrogens is 174 g/mol. The predicted molar refractivity (Wildman–Crippen MR) is 62.3 cm³/mol. The molecule has 0 amide bonds. The Morgan fingerprint density at radius 2 is 1.64 bits per heavy atom. The molecule has 0 aromatic rings. The van der Waals surface area contributed by atoms with Gasteiger partial charge in [0, 0.05) is 19.3 Å². The molecule has 2 nitrogen and oxygen atoms in total. The first kappa shape index (κ1) is 13.9. The second-order valence-corrected chi connectivity index (χ2v) is 4.84. The van der Waals surface area contributed by atoms with Crippen molar-refractivity contribution in [3.05, 3.63) is 0 Å². The third-order valence-electron chi connectivity index (χ3n) is 2.52. The van der Waals surface area contributed by atoms with Gasteiger partial charge < -0.3 is 10.5 Å². The molecule has 2 N–H and O–H groups in total. The van der Waals surface area contributed by atoms with Gasteiger partial charge in [-0.2, -0.15) is 0 Å². The van der Waals surface area contributed by atoms with Crippen molar-refractivity contribution in [3.63, 3.8) is 0 Å². The third-order valence-corrected chi connectivity index (χ3v) is 2.52. The fraction of sp³-hybridized carbons (Fsp3) is 1.00. The lowest BCUT2D eigenvalue weighted by Crippen LogP contribution is -2.26. The standard InChI is InChI=1S/C12H27NO/c1-10(2)7-9-14-8-5-6-12(13)11(3)4/h10-12H,5-9,13H2,1-4H3. The van der Waals surface area contributed by atoms with Gasteiger partial charge in [-0.05, 0) is 31.1 Å². The van der Waals surface area contributed by atoms with Gasteiger partial charge in [-0.1, -0.05) is 27.7 Å². The van der Waals surface area contributed by atoms with Crippen LogP contribution in [0.3, 0.4) is 0 Å². The Kier molecular flexibility index (Phi) is 8.20. The smallest absolute Gasteiger partial charge is 0.0468 e. The Labute approximate surface area is 89.2 Å². The fourth-order valence-corrected chi connectivity index (χ4v) is 1.18. The molecule has 0 aromatic heterocycles. The normalized spacial score (nSPS) is 13.9. The van der Waals surface area contributed by atoms with Gasteiger partial charge in [-0.3, -0.25) is 0 Å². The van der Waals surface area contributed by atoms with Gasteiger partial charge in [0.2, 0.25) is 0 Å². The Morgan fingerprint density at radius 1 is 1.00 bits per heavy atom. The summed E-state index contributed by atoms with van der Waals surface area (Å²) in [5.41, 5.74) is 5.92. The first-order chi connectivity index (χ1) is 6.54. The molecule has 0 saturated carbocycles. The van der Waals surface area contributed by atoms with Gasteiger partial charge in [0.25, 0.3) is 0 Å². The average Bonchev–Trinajstić information content (AvgIpc) is 2.09. The van der Waals surface area contributed by atoms with E-state index in [1.165, 1.54) is 0 Å². The van der Waals surface area contributed by atoms with E-state index in [0.717, 1.165) is 38.4 Å². The lowest BCUT2D eigenvalue weighted by atomic mass is 10.0. The van der Waals surface area contributed by atoms with Crippen LogP contribution in [0.25, 0.3) is 0 Å². The maximum atomic E-state index is 5.92. The highest BCUT2D eigenvalue weighted by atomic mass is 16.5. The molecule has 86 valence electrons. The number of rotatable bonds is 8. The summed E-state index contributed by atoms with van der Waals surface area (Å²) in [5, 5.41) is 0. The molecule has 1 unspecified atom stereocenters. The largest absolute Gasteiger partial charge is 0.381 e. The Balaban J connectivity index is 3.13. The molecule has 0 radical (unpaired) electrons. The van der Waals surface area contributed by atoms with Gasteiger partial charge in [-0.15, -0.1) is 0 Å². The monoisotopic (exact) mass is 201 g/mol. The van der Waals surface area contributed by atoms with Crippen LogP contribution < -0.4 is 5.73 Å². The molecule has 0 aliphatic rings. The second-order valence-electron chi connectivity index (χ2n) is 4.84. The van der Waals surface area contributed by atoms with E-state index >= 15 is 0 Å². The Hall–Kier alpha value is -0.0800. The van der Waals surface area contributed by atoms with E-state index < -0.39 is 0 Å². The topological polar surface area (TPSA) is 35.2 Å². The summed E-state index contributed by atoms with van der Waals surface area (Å²) in [6, 6.07) is 0.337. The van der Waals surface area contributed by atoms with Crippen LogP contribution in [0, 0.1) is 11.8 Å². The minimum absolute atomic E-state index is 0.337. The lowest BCUT2D eigenvalue weighted by Gasteiger charge is -2.15. The molecule has 2 heteroatoms. The summed E-state index contributed by atoms with van der Waals surface area (Å²) < 4.78 is 5.52. The first-order valence-corrected chi connectivity index (χ1v) is 5.87. The van der Waals surface area contributed by atoms with E-state index in [1.54, 1.807) is 0 Å². The molecule has 0 bridgehead atoms. The zero-order chi connectivity index (χ0) is 11.0. The van der Waals surface area contributed by atoms with E-state index in [4.69, 9.17) is 10.5 Å². The molecule has 0 aliphatic heterocycles. The van der Waals surface area contributed by atoms with Crippen LogP contribution in [-0.4, -0.2) is 19.3 Å². The summed E-state index contributed by atoms with van der Waals surface area (Å²) in [6.45, 7) is 10.5. The minimum atomic E-state index is 0.337. The quantitative estimate of drug-likeness (QED) is 0.613. The average molecular weight is 201 g/mol. The zero-order valence-corrected chi connectivity index (χ0v) is 10.3. The third kappa shape index (κ3) is 8.52. The number of hydrogen-bond donors (Lipinski definition) is 1. The summed E-state index contributed by atoms with van der Waals surface area (Å²) >= 11 is 0. The highest BCUT2D eigenvalue weighted by Gasteiger charge is 2.06. The predicted octanol–water partition coefficient (Wildman–Crippen LogP) is 2.81. The van der Waals surface area contributed by atoms with E-state index in [9.17, 15) is 0 Å². The van der Waals surface area contributed by atoms with E-state index in [2.05, 4.69) is 27.7 Å². The van der Waals surface area contributed by atoms with Crippen LogP contribution in [0.4, 0.5) is 0 Å². The van der Waals surface area contributed by atoms with Crippen molar-refractivity contribution in [2.75, 3.05) is 13.2 Å². The maximum Gasteiger partial charge on any atom is 0.0468 e. The van der Waals surface area contributed by atoms with Crippen LogP contribution in [0.15, 0.2) is 0 Å². The molecule has 0 fully saturated rings. The van der Waals surface area contributed by atoms with Crippen LogP contribution >= 0.6 is 0 Å². The first-order valence-electron chi connectivity index (χ1n) is 5.87. The molecule has 14 heavy (non-hydrogen) atoms. The van der Waals surface area contributed by atoms with Crippen LogP contribution in [0.1, 0.15) is 47.0 Å². The summed E-state index contributed by atoms with van der Waals surface area (Å²) in [5.74, 6) is 1.33. The highest BCUT2D eigenvalue weighted by Crippen LogP contribution is 2.06. The van der Waals surface area contributed by atoms with Crippen molar-refractivity contribution < 1.29 is 4.74 Å². The molecule has 0 aromatic carbocycles. The molecule has 0 aliphatic carbocycles. The number of nitrogens with two attached hydrogens (primary N) is 1. The van der Waals surface area contributed by atoms with Crippen molar-refractivity contribution in [2.24, 2.45) is 17.6 Å². The van der Waals surface area contributed by atoms with Crippen molar-refractivity contribution in [1.82, 2.24) is 0 Å². The van der Waals surface area contributed by atoms with Gasteiger partial charge in [0.1, 0.15) is 0 Å². The summed E-state index contributed by atoms with van der Waals surface area (Å²) in [7, 11) is 0. The van der Waals surface area contributed by atoms with E-state index in [-0.39, 0.29) is 0 Å². The van der Waals surface area contributed by atoms with Crippen LogP contribution in [-0.2, 0) is 4.74 Å². The molecule has 0 spiro atoms. The van der Waals surface area contributed by atoms with Crippen molar-refractivity contribution in [2.45, 2.75) is 53.0 Å². The summed E-state index contributed by atoms with van der Waals surface area (Å²) in [6.07, 6.45) is 3.34. The highest BCUT2D eigenvalue weighted by molar-refractivity contribution is 4.64. The van der Waals surface area contributed by atoms with Crippen LogP contribution in [0.2, 0.25) is 0 Å². The van der Waals surface area contributed by atoms with Gasteiger partial charge in [0.15, 0.2) is 0 Å². The Morgan fingerprint density at radius 3 is 2.14 bits per heavy atom. The van der Waals surface area contributed by atoms with Gasteiger partial charge >= 0.3 is 0 Å². The molecule has 1 atom stereocenters. The number of ether oxygens (including phenoxy) is 1. The van der Waals surface area contributed by atoms with Crippen molar-refractivity contribution in [3.8, 4) is 0 Å². The molecule has 0 rings (SSSR count). The second kappa shape index (κ2) is 8.25. The fourth-order valence-electron chi connectivity index (χ4n) is 1.18. The molecule has 0 saturated heterocycles. The summed E-state index contributed by atoms with van der Waals surface area (Å²) in [4.78, 5) is 0. The van der Waals surface area contributed by atoms with Gasteiger partial charge in [-0.25, -0.2) is 0 Å². The SMILES string of the molecule is CC(C)CCOCCCC(N)C(C)C. The lowest BCUT2D eigenvalue weighted by molar-refractivity contribution is 0.118.